The minimum Gasteiger partial charge on any atom is -0.462 e. The fourth-order valence-electron chi connectivity index (χ4n) is 12.5. The van der Waals surface area contributed by atoms with Crippen molar-refractivity contribution in [1.82, 2.24) is 0 Å². The van der Waals surface area contributed by atoms with E-state index in [1.165, 1.54) is 218 Å². The summed E-state index contributed by atoms with van der Waals surface area (Å²) in [5.41, 5.74) is 0. The molecule has 0 saturated heterocycles. The van der Waals surface area contributed by atoms with Crippen LogP contribution in [0, 0.1) is 23.7 Å². The summed E-state index contributed by atoms with van der Waals surface area (Å²) in [5.74, 6) is 1.01. The summed E-state index contributed by atoms with van der Waals surface area (Å²) in [4.78, 5) is 73.0. The van der Waals surface area contributed by atoms with Crippen LogP contribution in [-0.2, 0) is 65.4 Å². The molecule has 0 spiro atoms. The number of rotatable bonds is 79. The number of aliphatic hydroxyl groups excluding tert-OH is 1. The van der Waals surface area contributed by atoms with Crippen LogP contribution >= 0.6 is 15.6 Å². The Labute approximate surface area is 619 Å². The number of carbonyl (C=O) groups excluding carboxylic acids is 4. The summed E-state index contributed by atoms with van der Waals surface area (Å²) in [7, 11) is -9.92. The number of aliphatic hydroxyl groups is 1. The zero-order chi connectivity index (χ0) is 74.6. The van der Waals surface area contributed by atoms with E-state index < -0.39 is 97.5 Å². The van der Waals surface area contributed by atoms with Gasteiger partial charge in [0.2, 0.25) is 0 Å². The Morgan fingerprint density at radius 3 is 0.703 bits per heavy atom. The lowest BCUT2D eigenvalue weighted by Gasteiger charge is -2.21. The minimum atomic E-state index is -4.96. The van der Waals surface area contributed by atoms with Crippen LogP contribution < -0.4 is 0 Å². The molecule has 0 aliphatic heterocycles. The van der Waals surface area contributed by atoms with Crippen molar-refractivity contribution in [3.8, 4) is 0 Å². The van der Waals surface area contributed by atoms with Crippen LogP contribution in [0.1, 0.15) is 421 Å². The molecule has 17 nitrogen and oxygen atoms in total. The zero-order valence-electron chi connectivity index (χ0n) is 66.5. The van der Waals surface area contributed by atoms with Crippen LogP contribution in [0.3, 0.4) is 0 Å². The van der Waals surface area contributed by atoms with Crippen molar-refractivity contribution in [2.75, 3.05) is 39.6 Å². The molecule has 0 aromatic rings. The third kappa shape index (κ3) is 73.4. The first kappa shape index (κ1) is 99.1. The second-order valence-corrected chi connectivity index (χ2v) is 33.9. The van der Waals surface area contributed by atoms with Gasteiger partial charge in [0.1, 0.15) is 19.3 Å². The van der Waals surface area contributed by atoms with Crippen molar-refractivity contribution in [3.05, 3.63) is 0 Å². The second-order valence-electron chi connectivity index (χ2n) is 31.0. The summed E-state index contributed by atoms with van der Waals surface area (Å²) in [5, 5.41) is 10.6. The molecule has 0 radical (unpaired) electrons. The lowest BCUT2D eigenvalue weighted by atomic mass is 9.99. The van der Waals surface area contributed by atoms with E-state index in [4.69, 9.17) is 37.0 Å². The maximum Gasteiger partial charge on any atom is 0.472 e. The molecule has 0 rings (SSSR count). The summed E-state index contributed by atoms with van der Waals surface area (Å²) < 4.78 is 68.7. The lowest BCUT2D eigenvalue weighted by molar-refractivity contribution is -0.161. The molecule has 0 heterocycles. The fourth-order valence-corrected chi connectivity index (χ4v) is 14.1. The minimum absolute atomic E-state index is 0.107. The molecule has 0 amide bonds. The quantitative estimate of drug-likeness (QED) is 0.0222. The molecule has 0 bridgehead atoms. The van der Waals surface area contributed by atoms with E-state index in [-0.39, 0.29) is 25.7 Å². The average molecular weight is 1480 g/mol. The van der Waals surface area contributed by atoms with E-state index in [0.29, 0.717) is 25.7 Å². The van der Waals surface area contributed by atoms with Gasteiger partial charge in [-0.3, -0.25) is 37.3 Å². The summed E-state index contributed by atoms with van der Waals surface area (Å²) in [6.45, 7) is 14.3. The van der Waals surface area contributed by atoms with Crippen LogP contribution in [0.25, 0.3) is 0 Å². The van der Waals surface area contributed by atoms with Gasteiger partial charge in [-0.1, -0.05) is 370 Å². The van der Waals surface area contributed by atoms with Crippen molar-refractivity contribution >= 4 is 39.5 Å². The van der Waals surface area contributed by atoms with Crippen molar-refractivity contribution in [3.63, 3.8) is 0 Å². The van der Waals surface area contributed by atoms with Crippen LogP contribution in [0.5, 0.6) is 0 Å². The number of hydrogen-bond acceptors (Lipinski definition) is 15. The number of unbranched alkanes of at least 4 members (excludes halogenated alkanes) is 43. The number of carbonyl (C=O) groups is 4. The lowest BCUT2D eigenvalue weighted by Crippen LogP contribution is -2.30. The number of hydrogen-bond donors (Lipinski definition) is 3. The summed E-state index contributed by atoms with van der Waals surface area (Å²) >= 11 is 0. The van der Waals surface area contributed by atoms with Gasteiger partial charge >= 0.3 is 39.5 Å². The van der Waals surface area contributed by atoms with Gasteiger partial charge < -0.3 is 33.8 Å². The Kier molecular flexibility index (Phi) is 69.6. The van der Waals surface area contributed by atoms with Crippen LogP contribution in [0.4, 0.5) is 0 Å². The van der Waals surface area contributed by atoms with Crippen LogP contribution in [0.15, 0.2) is 0 Å². The Hall–Kier alpha value is -1.94. The highest BCUT2D eigenvalue weighted by molar-refractivity contribution is 7.47. The maximum absolute atomic E-state index is 13.1. The molecule has 600 valence electrons. The molecule has 101 heavy (non-hydrogen) atoms. The number of phosphoric acid groups is 2. The van der Waals surface area contributed by atoms with E-state index in [2.05, 4.69) is 55.4 Å². The topological polar surface area (TPSA) is 237 Å². The summed E-state index contributed by atoms with van der Waals surface area (Å²) in [6, 6.07) is 0. The van der Waals surface area contributed by atoms with Crippen molar-refractivity contribution in [2.24, 2.45) is 23.7 Å². The predicted octanol–water partition coefficient (Wildman–Crippen LogP) is 24.4. The molecular formula is C82H160O17P2. The highest BCUT2D eigenvalue weighted by Gasteiger charge is 2.30. The van der Waals surface area contributed by atoms with Gasteiger partial charge in [0.15, 0.2) is 12.2 Å². The third-order valence-corrected chi connectivity index (χ3v) is 21.7. The van der Waals surface area contributed by atoms with Crippen molar-refractivity contribution in [2.45, 2.75) is 440 Å². The molecule has 19 heteroatoms. The zero-order valence-corrected chi connectivity index (χ0v) is 68.3. The molecule has 0 aliphatic carbocycles. The Morgan fingerprint density at radius 1 is 0.277 bits per heavy atom. The summed E-state index contributed by atoms with van der Waals surface area (Å²) in [6.07, 6.45) is 58.4. The van der Waals surface area contributed by atoms with Gasteiger partial charge in [-0.15, -0.1) is 0 Å². The largest absolute Gasteiger partial charge is 0.472 e. The normalized spacial score (nSPS) is 14.5. The Morgan fingerprint density at radius 2 is 0.475 bits per heavy atom. The molecule has 0 fully saturated rings. The first-order valence-electron chi connectivity index (χ1n) is 42.3. The standard InChI is InChI=1S/C82H160O17P2/c1-9-74(7)60-52-44-36-29-25-21-17-13-11-12-14-18-22-26-30-38-48-56-65-82(87)99-78(69-93-80(85)63-55-47-41-40-45-53-61-75(8)10-2)71-97-101(90,91)95-67-76(83)66-94-100(88,89)96-70-77(68-92-79(84)62-54-46-37-33-32-35-43-51-59-73(5)6)98-81(86)64-57-49-39-31-27-23-19-15-16-20-24-28-34-42-50-58-72(3)4/h72-78,83H,9-71H2,1-8H3,(H,88,89)(H,90,91)/t74?,75?,76-,77-,78-/m1/s1. The van der Waals surface area contributed by atoms with E-state index in [9.17, 15) is 43.2 Å². The number of phosphoric ester groups is 2. The molecule has 7 atom stereocenters. The number of esters is 4. The molecular weight excluding hydrogens is 1320 g/mol. The molecule has 4 unspecified atom stereocenters. The number of ether oxygens (including phenoxy) is 4. The van der Waals surface area contributed by atoms with Gasteiger partial charge in [0.05, 0.1) is 26.4 Å². The first-order valence-corrected chi connectivity index (χ1v) is 45.3. The van der Waals surface area contributed by atoms with E-state index >= 15 is 0 Å². The third-order valence-electron chi connectivity index (χ3n) is 19.8. The second kappa shape index (κ2) is 71.0. The van der Waals surface area contributed by atoms with Crippen molar-refractivity contribution in [1.29, 1.82) is 0 Å². The SMILES string of the molecule is CCC(C)CCCCCCCCCCCCCCCCCCCCC(=O)O[C@H](COC(=O)CCCCCCCCC(C)CC)COP(=O)(O)OC[C@H](O)COP(=O)(O)OC[C@@H](COC(=O)CCCCCCCCCCC(C)C)OC(=O)CCCCCCCCCCCCCCCCCC(C)C. The van der Waals surface area contributed by atoms with Crippen LogP contribution in [0.2, 0.25) is 0 Å². The van der Waals surface area contributed by atoms with E-state index in [1.54, 1.807) is 0 Å². The predicted molar refractivity (Wildman–Crippen MR) is 414 cm³/mol. The van der Waals surface area contributed by atoms with Gasteiger partial charge in [0, 0.05) is 25.7 Å². The van der Waals surface area contributed by atoms with E-state index in [1.807, 2.05) is 0 Å². The van der Waals surface area contributed by atoms with E-state index in [0.717, 1.165) is 120 Å². The van der Waals surface area contributed by atoms with Gasteiger partial charge in [-0.2, -0.15) is 0 Å². The highest BCUT2D eigenvalue weighted by Crippen LogP contribution is 2.45. The van der Waals surface area contributed by atoms with Crippen LogP contribution in [-0.4, -0.2) is 96.7 Å². The van der Waals surface area contributed by atoms with Crippen molar-refractivity contribution < 1.29 is 80.2 Å². The fraction of sp³-hybridized carbons (Fsp3) is 0.951. The van der Waals surface area contributed by atoms with Gasteiger partial charge in [0.25, 0.3) is 0 Å². The Balaban J connectivity index is 5.18. The molecule has 0 saturated carbocycles. The molecule has 0 aliphatic rings. The highest BCUT2D eigenvalue weighted by atomic mass is 31.2. The molecule has 3 N–H and O–H groups in total. The molecule has 0 aromatic carbocycles. The smallest absolute Gasteiger partial charge is 0.462 e. The monoisotopic (exact) mass is 1480 g/mol. The van der Waals surface area contributed by atoms with Gasteiger partial charge in [-0.25, -0.2) is 9.13 Å². The van der Waals surface area contributed by atoms with Gasteiger partial charge in [-0.05, 0) is 49.4 Å². The average Bonchev–Trinajstić information content (AvgIpc) is 1.04. The Bertz CT molecular complexity index is 1980. The first-order chi connectivity index (χ1) is 48.7. The maximum atomic E-state index is 13.1. The molecule has 0 aromatic heterocycles.